The summed E-state index contributed by atoms with van der Waals surface area (Å²) in [5.41, 5.74) is 18.2. The highest BCUT2D eigenvalue weighted by molar-refractivity contribution is 5.92. The van der Waals surface area contributed by atoms with E-state index in [1.165, 1.54) is 0 Å². The molecule has 0 saturated carbocycles. The van der Waals surface area contributed by atoms with Crippen molar-refractivity contribution in [1.82, 2.24) is 15.6 Å². The molecule has 0 aliphatic rings. The smallest absolute Gasteiger partial charge is 0.326 e. The van der Waals surface area contributed by atoms with E-state index in [2.05, 4.69) is 20.6 Å². The SMILES string of the molecule is CCC(C)C(NC(=O)C(N)CCCN=C(N)N)C(=O)NC(Cc1c[nH]c2ccccc12)C(=O)O. The van der Waals surface area contributed by atoms with Crippen molar-refractivity contribution in [2.75, 3.05) is 6.54 Å². The number of carbonyl (C=O) groups excluding carboxylic acids is 2. The summed E-state index contributed by atoms with van der Waals surface area (Å²) < 4.78 is 0. The molecule has 0 aliphatic heterocycles. The van der Waals surface area contributed by atoms with Crippen LogP contribution in [0.5, 0.6) is 0 Å². The molecule has 2 amide bonds. The number of nitrogens with zero attached hydrogens (tertiary/aromatic N) is 1. The Morgan fingerprint density at radius 1 is 1.15 bits per heavy atom. The van der Waals surface area contributed by atoms with Gasteiger partial charge in [-0.15, -0.1) is 0 Å². The number of carboxylic acid groups (broad SMARTS) is 1. The highest BCUT2D eigenvalue weighted by Gasteiger charge is 2.31. The number of fused-ring (bicyclic) bond motifs is 1. The minimum absolute atomic E-state index is 0.0350. The van der Waals surface area contributed by atoms with Gasteiger partial charge in [-0.3, -0.25) is 14.6 Å². The van der Waals surface area contributed by atoms with E-state index in [0.29, 0.717) is 25.8 Å². The molecule has 0 radical (unpaired) electrons. The molecule has 2 rings (SSSR count). The molecule has 0 aliphatic carbocycles. The number of para-hydroxylation sites is 1. The van der Waals surface area contributed by atoms with Crippen molar-refractivity contribution in [2.45, 2.75) is 57.7 Å². The average Bonchev–Trinajstić information content (AvgIpc) is 3.21. The maximum atomic E-state index is 13.1. The van der Waals surface area contributed by atoms with Crippen molar-refractivity contribution in [1.29, 1.82) is 0 Å². The van der Waals surface area contributed by atoms with Gasteiger partial charge in [-0.25, -0.2) is 4.79 Å². The van der Waals surface area contributed by atoms with Crippen molar-refractivity contribution in [2.24, 2.45) is 28.1 Å². The summed E-state index contributed by atoms with van der Waals surface area (Å²) in [5, 5.41) is 15.9. The van der Waals surface area contributed by atoms with Crippen LogP contribution in [0.1, 0.15) is 38.7 Å². The lowest BCUT2D eigenvalue weighted by Crippen LogP contribution is -2.57. The monoisotopic (exact) mass is 473 g/mol. The Morgan fingerprint density at radius 3 is 2.50 bits per heavy atom. The zero-order chi connectivity index (χ0) is 25.3. The topological polar surface area (TPSA) is 202 Å². The summed E-state index contributed by atoms with van der Waals surface area (Å²) in [4.78, 5) is 44.5. The number of guanidine groups is 1. The molecule has 0 saturated heterocycles. The number of aromatic amines is 1. The van der Waals surface area contributed by atoms with Crippen LogP contribution in [0.25, 0.3) is 10.9 Å². The number of aliphatic carboxylic acids is 1. The molecule has 186 valence electrons. The minimum Gasteiger partial charge on any atom is -0.480 e. The van der Waals surface area contributed by atoms with Gasteiger partial charge in [0.25, 0.3) is 0 Å². The Hall–Kier alpha value is -3.60. The maximum absolute atomic E-state index is 13.1. The van der Waals surface area contributed by atoms with Crippen LogP contribution in [0.15, 0.2) is 35.5 Å². The molecule has 0 bridgehead atoms. The Morgan fingerprint density at radius 2 is 1.85 bits per heavy atom. The van der Waals surface area contributed by atoms with E-state index in [1.807, 2.05) is 38.1 Å². The number of carboxylic acids is 1. The van der Waals surface area contributed by atoms with Gasteiger partial charge >= 0.3 is 5.97 Å². The van der Waals surface area contributed by atoms with E-state index >= 15 is 0 Å². The third-order valence-electron chi connectivity index (χ3n) is 5.81. The van der Waals surface area contributed by atoms with Crippen LogP contribution >= 0.6 is 0 Å². The van der Waals surface area contributed by atoms with Crippen molar-refractivity contribution in [3.8, 4) is 0 Å². The van der Waals surface area contributed by atoms with E-state index in [4.69, 9.17) is 17.2 Å². The number of benzene rings is 1. The molecular weight excluding hydrogens is 438 g/mol. The van der Waals surface area contributed by atoms with Gasteiger partial charge in [-0.05, 0) is 30.4 Å². The predicted octanol–water partition coefficient (Wildman–Crippen LogP) is 0.192. The molecule has 0 fully saturated rings. The molecule has 1 heterocycles. The number of rotatable bonds is 13. The van der Waals surface area contributed by atoms with Gasteiger partial charge in [0.2, 0.25) is 11.8 Å². The summed E-state index contributed by atoms with van der Waals surface area (Å²) in [6.45, 7) is 4.03. The Labute approximate surface area is 198 Å². The van der Waals surface area contributed by atoms with Crippen LogP contribution in [-0.4, -0.2) is 58.5 Å². The number of hydrogen-bond acceptors (Lipinski definition) is 5. The number of aromatic nitrogens is 1. The molecule has 34 heavy (non-hydrogen) atoms. The standard InChI is InChI=1S/C23H35N7O4/c1-3-13(2)19(30-20(31)16(24)8-6-10-27-23(25)26)21(32)29-18(22(33)34)11-14-12-28-17-9-5-4-7-15(14)17/h4-5,7,9,12-13,16,18-19,28H,3,6,8,10-11,24H2,1-2H3,(H,29,32)(H,30,31)(H,33,34)(H4,25,26,27). The summed E-state index contributed by atoms with van der Waals surface area (Å²) in [6, 6.07) is 4.58. The van der Waals surface area contributed by atoms with Gasteiger partial charge in [0.15, 0.2) is 5.96 Å². The largest absolute Gasteiger partial charge is 0.480 e. The third-order valence-corrected chi connectivity index (χ3v) is 5.81. The summed E-state index contributed by atoms with van der Waals surface area (Å²) >= 11 is 0. The first-order chi connectivity index (χ1) is 16.1. The van der Waals surface area contributed by atoms with Crippen LogP contribution in [0.3, 0.4) is 0 Å². The fourth-order valence-corrected chi connectivity index (χ4v) is 3.59. The maximum Gasteiger partial charge on any atom is 0.326 e. The lowest BCUT2D eigenvalue weighted by atomic mass is 9.96. The van der Waals surface area contributed by atoms with Crippen molar-refractivity contribution in [3.63, 3.8) is 0 Å². The van der Waals surface area contributed by atoms with E-state index in [-0.39, 0.29) is 18.3 Å². The van der Waals surface area contributed by atoms with Crippen LogP contribution in [0, 0.1) is 5.92 Å². The molecule has 0 spiro atoms. The number of amides is 2. The summed E-state index contributed by atoms with van der Waals surface area (Å²) in [7, 11) is 0. The number of aliphatic imine (C=N–C) groups is 1. The van der Waals surface area contributed by atoms with Gasteiger partial charge in [0.1, 0.15) is 12.1 Å². The number of nitrogens with one attached hydrogen (secondary N) is 3. The van der Waals surface area contributed by atoms with Gasteiger partial charge in [0, 0.05) is 30.1 Å². The van der Waals surface area contributed by atoms with E-state index in [1.54, 1.807) is 6.20 Å². The molecule has 10 N–H and O–H groups in total. The quantitative estimate of drug-likeness (QED) is 0.122. The highest BCUT2D eigenvalue weighted by Crippen LogP contribution is 2.19. The van der Waals surface area contributed by atoms with Gasteiger partial charge in [-0.2, -0.15) is 0 Å². The normalized spacial score (nSPS) is 14.6. The fourth-order valence-electron chi connectivity index (χ4n) is 3.59. The van der Waals surface area contributed by atoms with Crippen molar-refractivity contribution in [3.05, 3.63) is 36.0 Å². The van der Waals surface area contributed by atoms with E-state index < -0.39 is 35.9 Å². The third kappa shape index (κ3) is 7.48. The van der Waals surface area contributed by atoms with Crippen molar-refractivity contribution < 1.29 is 19.5 Å². The molecule has 11 heteroatoms. The van der Waals surface area contributed by atoms with Gasteiger partial charge < -0.3 is 37.9 Å². The van der Waals surface area contributed by atoms with Crippen LogP contribution in [0.2, 0.25) is 0 Å². The first-order valence-corrected chi connectivity index (χ1v) is 11.3. The molecule has 4 unspecified atom stereocenters. The molecule has 11 nitrogen and oxygen atoms in total. The van der Waals surface area contributed by atoms with E-state index in [9.17, 15) is 19.5 Å². The van der Waals surface area contributed by atoms with Crippen LogP contribution < -0.4 is 27.8 Å². The molecule has 2 aromatic rings. The number of hydrogen-bond donors (Lipinski definition) is 7. The zero-order valence-corrected chi connectivity index (χ0v) is 19.6. The second-order valence-electron chi connectivity index (χ2n) is 8.39. The first-order valence-electron chi connectivity index (χ1n) is 11.3. The minimum atomic E-state index is -1.16. The molecule has 1 aromatic heterocycles. The zero-order valence-electron chi connectivity index (χ0n) is 19.6. The van der Waals surface area contributed by atoms with Gasteiger partial charge in [-0.1, -0.05) is 38.5 Å². The lowest BCUT2D eigenvalue weighted by molar-refractivity contribution is -0.142. The number of H-pyrrole nitrogens is 1. The number of nitrogens with two attached hydrogens (primary N) is 3. The highest BCUT2D eigenvalue weighted by atomic mass is 16.4. The number of carbonyl (C=O) groups is 3. The second kappa shape index (κ2) is 12.6. The second-order valence-corrected chi connectivity index (χ2v) is 8.39. The van der Waals surface area contributed by atoms with Crippen LogP contribution in [-0.2, 0) is 20.8 Å². The molecule has 4 atom stereocenters. The predicted molar refractivity (Wildman–Crippen MR) is 131 cm³/mol. The van der Waals surface area contributed by atoms with Crippen LogP contribution in [0.4, 0.5) is 0 Å². The molecular formula is C23H35N7O4. The van der Waals surface area contributed by atoms with E-state index in [0.717, 1.165) is 16.5 Å². The van der Waals surface area contributed by atoms with Crippen molar-refractivity contribution >= 4 is 34.6 Å². The summed E-state index contributed by atoms with van der Waals surface area (Å²) in [6.07, 6.45) is 3.26. The first kappa shape index (κ1) is 26.7. The summed E-state index contributed by atoms with van der Waals surface area (Å²) in [5.74, 6) is -2.49. The molecule has 1 aromatic carbocycles. The Balaban J connectivity index is 2.06. The lowest BCUT2D eigenvalue weighted by Gasteiger charge is -2.26. The fraction of sp³-hybridized carbons (Fsp3) is 0.478. The Bertz CT molecular complexity index is 1020. The average molecular weight is 474 g/mol. The van der Waals surface area contributed by atoms with Gasteiger partial charge in [0.05, 0.1) is 6.04 Å². The Kier molecular flexibility index (Phi) is 9.87.